The molecule has 1 saturated carbocycles. The average molecular weight is 266 g/mol. The molecule has 0 aromatic carbocycles. The van der Waals surface area contributed by atoms with Gasteiger partial charge in [0, 0.05) is 32.1 Å². The fraction of sp³-hybridized carbons (Fsp3) is 0.500. The molecule has 100 valence electrons. The molecule has 2 atom stereocenters. The third-order valence-electron chi connectivity index (χ3n) is 3.57. The van der Waals surface area contributed by atoms with Crippen molar-refractivity contribution >= 4 is 6.21 Å². The van der Waals surface area contributed by atoms with Gasteiger partial charge in [-0.05, 0) is 6.92 Å². The molecule has 1 aliphatic carbocycles. The molecule has 6 nitrogen and oxygen atoms in total. The number of hydrogen-bond acceptors (Lipinski definition) is 6. The summed E-state index contributed by atoms with van der Waals surface area (Å²) < 4.78 is 0. The van der Waals surface area contributed by atoms with Crippen LogP contribution < -0.4 is 0 Å². The standard InChI is InChI=1S/C14H14N6/c1-4-5-11-12(6-19-20(2)3)14(9-17,10-18)13(11,7-15)8-16/h4-6,11-12H,1-3H3/b5-4+,19-6+. The van der Waals surface area contributed by atoms with E-state index < -0.39 is 22.7 Å². The summed E-state index contributed by atoms with van der Waals surface area (Å²) in [6, 6.07) is 7.49. The van der Waals surface area contributed by atoms with E-state index in [1.807, 2.05) is 24.3 Å². The van der Waals surface area contributed by atoms with Crippen molar-refractivity contribution in [2.75, 3.05) is 14.1 Å². The average Bonchev–Trinajstić information content (AvgIpc) is 2.43. The second-order valence-corrected chi connectivity index (χ2v) is 4.75. The first kappa shape index (κ1) is 15.2. The Morgan fingerprint density at radius 2 is 1.40 bits per heavy atom. The van der Waals surface area contributed by atoms with Gasteiger partial charge in [0.05, 0.1) is 24.3 Å². The SMILES string of the molecule is C/C=C/C1C(/C=N/N(C)C)C(C#N)(C#N)C1(C#N)C#N. The quantitative estimate of drug-likeness (QED) is 0.435. The Balaban J connectivity index is 3.45. The summed E-state index contributed by atoms with van der Waals surface area (Å²) in [7, 11) is 3.42. The zero-order valence-electron chi connectivity index (χ0n) is 11.6. The molecule has 6 heteroatoms. The molecule has 0 aliphatic heterocycles. The van der Waals surface area contributed by atoms with Gasteiger partial charge in [-0.2, -0.15) is 26.1 Å². The molecule has 0 aromatic heterocycles. The van der Waals surface area contributed by atoms with Gasteiger partial charge in [-0.15, -0.1) is 0 Å². The van der Waals surface area contributed by atoms with Crippen molar-refractivity contribution in [1.82, 2.24) is 5.01 Å². The lowest BCUT2D eigenvalue weighted by Crippen LogP contribution is -2.63. The molecule has 1 fully saturated rings. The minimum Gasteiger partial charge on any atom is -0.303 e. The van der Waals surface area contributed by atoms with E-state index >= 15 is 0 Å². The minimum atomic E-state index is -1.69. The summed E-state index contributed by atoms with van der Waals surface area (Å²) in [5.74, 6) is -1.11. The molecule has 0 radical (unpaired) electrons. The van der Waals surface area contributed by atoms with Gasteiger partial charge in [-0.3, -0.25) is 0 Å². The zero-order valence-corrected chi connectivity index (χ0v) is 11.6. The van der Waals surface area contributed by atoms with Gasteiger partial charge >= 0.3 is 0 Å². The zero-order chi connectivity index (χ0) is 15.4. The highest BCUT2D eigenvalue weighted by Crippen LogP contribution is 2.63. The van der Waals surface area contributed by atoms with Gasteiger partial charge in [0.2, 0.25) is 0 Å². The first-order valence-electron chi connectivity index (χ1n) is 5.99. The summed E-state index contributed by atoms with van der Waals surface area (Å²) in [5.41, 5.74) is -3.35. The van der Waals surface area contributed by atoms with Gasteiger partial charge in [0.25, 0.3) is 0 Å². The number of hydrogen-bond donors (Lipinski definition) is 0. The lowest BCUT2D eigenvalue weighted by atomic mass is 9.40. The highest BCUT2D eigenvalue weighted by atomic mass is 15.4. The molecule has 0 bridgehead atoms. The molecule has 2 unspecified atom stereocenters. The number of nitrogens with zero attached hydrogens (tertiary/aromatic N) is 6. The van der Waals surface area contributed by atoms with Crippen LogP contribution in [-0.2, 0) is 0 Å². The maximum atomic E-state index is 9.38. The third-order valence-corrected chi connectivity index (χ3v) is 3.57. The highest BCUT2D eigenvalue weighted by molar-refractivity contribution is 5.71. The van der Waals surface area contributed by atoms with Gasteiger partial charge in [0.1, 0.15) is 0 Å². The van der Waals surface area contributed by atoms with E-state index in [2.05, 4.69) is 5.10 Å². The Morgan fingerprint density at radius 3 is 1.75 bits per heavy atom. The molecule has 1 aliphatic rings. The molecule has 0 aromatic rings. The Bertz CT molecular complexity index is 574. The van der Waals surface area contributed by atoms with Crippen molar-refractivity contribution in [3.05, 3.63) is 12.2 Å². The van der Waals surface area contributed by atoms with E-state index in [9.17, 15) is 21.0 Å². The topological polar surface area (TPSA) is 111 Å². The number of rotatable bonds is 3. The van der Waals surface area contributed by atoms with Crippen LogP contribution in [0.3, 0.4) is 0 Å². The van der Waals surface area contributed by atoms with E-state index in [1.54, 1.807) is 33.2 Å². The van der Waals surface area contributed by atoms with Crippen LogP contribution >= 0.6 is 0 Å². The minimum absolute atomic E-state index is 0.523. The Kier molecular flexibility index (Phi) is 4.14. The molecule has 1 rings (SSSR count). The summed E-state index contributed by atoms with van der Waals surface area (Å²) in [6.45, 7) is 1.76. The first-order chi connectivity index (χ1) is 9.49. The van der Waals surface area contributed by atoms with E-state index in [0.717, 1.165) is 0 Å². The lowest BCUT2D eigenvalue weighted by molar-refractivity contribution is 0.0228. The van der Waals surface area contributed by atoms with Crippen LogP contribution in [0.15, 0.2) is 17.3 Å². The summed E-state index contributed by atoms with van der Waals surface area (Å²) in [6.07, 6.45) is 4.87. The van der Waals surface area contributed by atoms with Gasteiger partial charge in [-0.25, -0.2) is 0 Å². The smallest absolute Gasteiger partial charge is 0.184 e. The maximum absolute atomic E-state index is 9.38. The van der Waals surface area contributed by atoms with Crippen molar-refractivity contribution in [2.24, 2.45) is 27.8 Å². The van der Waals surface area contributed by atoms with Crippen molar-refractivity contribution in [1.29, 1.82) is 21.0 Å². The number of allylic oxidation sites excluding steroid dienone is 2. The second-order valence-electron chi connectivity index (χ2n) is 4.75. The molecule has 0 spiro atoms. The molecule has 0 heterocycles. The third kappa shape index (κ3) is 1.71. The van der Waals surface area contributed by atoms with E-state index in [0.29, 0.717) is 0 Å². The summed E-state index contributed by atoms with van der Waals surface area (Å²) in [4.78, 5) is 0. The predicted octanol–water partition coefficient (Wildman–Crippen LogP) is 1.42. The maximum Gasteiger partial charge on any atom is 0.184 e. The van der Waals surface area contributed by atoms with E-state index in [1.165, 1.54) is 11.2 Å². The molecular weight excluding hydrogens is 252 g/mol. The van der Waals surface area contributed by atoms with Crippen LogP contribution in [0.2, 0.25) is 0 Å². The van der Waals surface area contributed by atoms with Crippen molar-refractivity contribution in [3.8, 4) is 24.3 Å². The monoisotopic (exact) mass is 266 g/mol. The van der Waals surface area contributed by atoms with Crippen molar-refractivity contribution in [2.45, 2.75) is 6.92 Å². The molecule has 0 saturated heterocycles. The second kappa shape index (κ2) is 5.43. The lowest BCUT2D eigenvalue weighted by Gasteiger charge is -2.53. The van der Waals surface area contributed by atoms with Gasteiger partial charge in [-0.1, -0.05) is 12.2 Å². The molecule has 20 heavy (non-hydrogen) atoms. The number of hydrazone groups is 1. The Morgan fingerprint density at radius 1 is 0.950 bits per heavy atom. The Hall–Kier alpha value is -2.83. The molecule has 0 amide bonds. The molecule has 0 N–H and O–H groups in total. The fourth-order valence-corrected chi connectivity index (χ4v) is 2.55. The van der Waals surface area contributed by atoms with Crippen molar-refractivity contribution < 1.29 is 0 Å². The van der Waals surface area contributed by atoms with Crippen molar-refractivity contribution in [3.63, 3.8) is 0 Å². The molecular formula is C14H14N6. The van der Waals surface area contributed by atoms with Crippen LogP contribution in [0.25, 0.3) is 0 Å². The fourth-order valence-electron chi connectivity index (χ4n) is 2.55. The van der Waals surface area contributed by atoms with Gasteiger partial charge in [0.15, 0.2) is 10.8 Å². The van der Waals surface area contributed by atoms with Crippen LogP contribution in [0, 0.1) is 68.0 Å². The normalized spacial score (nSPS) is 25.9. The summed E-state index contributed by atoms with van der Waals surface area (Å²) >= 11 is 0. The van der Waals surface area contributed by atoms with E-state index in [4.69, 9.17) is 0 Å². The van der Waals surface area contributed by atoms with Crippen LogP contribution in [0.5, 0.6) is 0 Å². The highest BCUT2D eigenvalue weighted by Gasteiger charge is 2.74. The van der Waals surface area contributed by atoms with Crippen LogP contribution in [-0.4, -0.2) is 25.3 Å². The van der Waals surface area contributed by atoms with E-state index in [-0.39, 0.29) is 0 Å². The van der Waals surface area contributed by atoms with Gasteiger partial charge < -0.3 is 5.01 Å². The Labute approximate surface area is 118 Å². The predicted molar refractivity (Wildman–Crippen MR) is 71.3 cm³/mol. The largest absolute Gasteiger partial charge is 0.303 e. The first-order valence-corrected chi connectivity index (χ1v) is 5.99. The summed E-state index contributed by atoms with van der Waals surface area (Å²) in [5, 5.41) is 43.1. The van der Waals surface area contributed by atoms with Crippen LogP contribution in [0.4, 0.5) is 0 Å². The van der Waals surface area contributed by atoms with Crippen LogP contribution in [0.1, 0.15) is 6.92 Å². The number of nitriles is 4.